The van der Waals surface area contributed by atoms with Crippen molar-refractivity contribution in [3.8, 4) is 0 Å². The molecule has 7 heteroatoms. The van der Waals surface area contributed by atoms with Gasteiger partial charge in [0.15, 0.2) is 0 Å². The van der Waals surface area contributed by atoms with Crippen LogP contribution >= 0.6 is 0 Å². The third-order valence-electron chi connectivity index (χ3n) is 3.07. The monoisotopic (exact) mass is 371 g/mol. The topological polar surface area (TPSA) is 72.1 Å². The van der Waals surface area contributed by atoms with E-state index in [2.05, 4.69) is 10.9 Å². The lowest BCUT2D eigenvalue weighted by atomic mass is 10.2. The van der Waals surface area contributed by atoms with Crippen molar-refractivity contribution >= 4 is 6.09 Å². The van der Waals surface area contributed by atoms with E-state index in [1.165, 1.54) is 0 Å². The number of rotatable bonds is 3. The molecule has 2 heterocycles. The van der Waals surface area contributed by atoms with Crippen molar-refractivity contribution in [2.45, 2.75) is 67.1 Å². The van der Waals surface area contributed by atoms with Crippen molar-refractivity contribution in [1.29, 1.82) is 0 Å². The summed E-state index contributed by atoms with van der Waals surface area (Å²) in [5.41, 5.74) is 6.37. The summed E-state index contributed by atoms with van der Waals surface area (Å²) >= 11 is 0. The van der Waals surface area contributed by atoms with Crippen LogP contribution in [0.1, 0.15) is 55.4 Å². The lowest BCUT2D eigenvalue weighted by Gasteiger charge is -2.34. The molecule has 2 aliphatic heterocycles. The van der Waals surface area contributed by atoms with E-state index in [4.69, 9.17) is 14.2 Å². The van der Waals surface area contributed by atoms with E-state index in [9.17, 15) is 4.79 Å². The van der Waals surface area contributed by atoms with Crippen molar-refractivity contribution in [1.82, 2.24) is 15.8 Å². The van der Waals surface area contributed by atoms with Crippen LogP contribution in [0.15, 0.2) is 23.7 Å². The summed E-state index contributed by atoms with van der Waals surface area (Å²) in [6.07, 6.45) is 3.26. The van der Waals surface area contributed by atoms with Crippen LogP contribution in [0.25, 0.3) is 0 Å². The lowest BCUT2D eigenvalue weighted by Crippen LogP contribution is -2.49. The minimum atomic E-state index is -0.492. The van der Waals surface area contributed by atoms with Crippen LogP contribution in [-0.2, 0) is 14.2 Å². The average molecular weight is 372 g/mol. The van der Waals surface area contributed by atoms with E-state index in [1.54, 1.807) is 4.90 Å². The van der Waals surface area contributed by atoms with Crippen molar-refractivity contribution in [2.24, 2.45) is 0 Å². The number of morpholine rings is 1. The molecule has 7 nitrogen and oxygen atoms in total. The molecule has 1 unspecified atom stereocenters. The third-order valence-corrected chi connectivity index (χ3v) is 3.07. The number of carbonyl (C=O) groups is 1. The molecule has 1 amide bonds. The molecule has 26 heavy (non-hydrogen) atoms. The van der Waals surface area contributed by atoms with E-state index in [0.29, 0.717) is 32.2 Å². The van der Waals surface area contributed by atoms with Gasteiger partial charge in [-0.2, -0.15) is 0 Å². The second-order valence-electron chi connectivity index (χ2n) is 6.40. The van der Waals surface area contributed by atoms with Crippen LogP contribution in [0.3, 0.4) is 0 Å². The zero-order chi connectivity index (χ0) is 20.2. The summed E-state index contributed by atoms with van der Waals surface area (Å²) in [6.45, 7) is 17.4. The number of amides is 1. The maximum Gasteiger partial charge on any atom is 0.410 e. The Morgan fingerprint density at radius 3 is 2.54 bits per heavy atom. The third kappa shape index (κ3) is 9.56. The molecule has 0 saturated carbocycles. The minimum Gasteiger partial charge on any atom is -0.475 e. The fraction of sp³-hybridized carbons (Fsp3) is 0.737. The van der Waals surface area contributed by atoms with Crippen molar-refractivity contribution < 1.29 is 19.0 Å². The molecule has 2 aliphatic rings. The highest BCUT2D eigenvalue weighted by molar-refractivity contribution is 5.68. The summed E-state index contributed by atoms with van der Waals surface area (Å²) in [4.78, 5) is 13.7. The van der Waals surface area contributed by atoms with Crippen LogP contribution < -0.4 is 10.9 Å². The number of nitrogens with zero attached hydrogens (tertiary/aromatic N) is 1. The van der Waals surface area contributed by atoms with Crippen LogP contribution in [-0.4, -0.2) is 49.0 Å². The molecule has 0 aliphatic carbocycles. The van der Waals surface area contributed by atoms with Crippen molar-refractivity contribution in [2.75, 3.05) is 26.3 Å². The van der Waals surface area contributed by atoms with Gasteiger partial charge < -0.3 is 24.5 Å². The van der Waals surface area contributed by atoms with Gasteiger partial charge in [0.25, 0.3) is 0 Å². The highest BCUT2D eigenvalue weighted by Gasteiger charge is 2.28. The van der Waals surface area contributed by atoms with Gasteiger partial charge in [0.2, 0.25) is 5.88 Å². The van der Waals surface area contributed by atoms with E-state index in [-0.39, 0.29) is 12.2 Å². The van der Waals surface area contributed by atoms with Gasteiger partial charge in [0.1, 0.15) is 18.3 Å². The molecular formula is C19H37N3O4. The fourth-order valence-electron chi connectivity index (χ4n) is 2.08. The molecule has 0 aromatic heterocycles. The number of carbonyl (C=O) groups excluding carboxylic acids is 1. The summed E-state index contributed by atoms with van der Waals surface area (Å²) in [5.74, 6) is 0.637. The lowest BCUT2D eigenvalue weighted by molar-refractivity contribution is -0.0655. The first-order chi connectivity index (χ1) is 12.3. The Kier molecular flexibility index (Phi) is 11.6. The fourth-order valence-corrected chi connectivity index (χ4v) is 2.08. The predicted molar refractivity (Wildman–Crippen MR) is 104 cm³/mol. The van der Waals surface area contributed by atoms with Gasteiger partial charge in [-0.1, -0.05) is 27.7 Å². The molecule has 0 bridgehead atoms. The van der Waals surface area contributed by atoms with E-state index < -0.39 is 5.60 Å². The van der Waals surface area contributed by atoms with E-state index in [1.807, 2.05) is 67.7 Å². The van der Waals surface area contributed by atoms with Gasteiger partial charge in [-0.3, -0.25) is 5.43 Å². The number of hydrogen-bond acceptors (Lipinski definition) is 6. The molecule has 152 valence electrons. The molecule has 0 spiro atoms. The Labute approximate surface area is 158 Å². The Hall–Kier alpha value is -1.89. The smallest absolute Gasteiger partial charge is 0.410 e. The van der Waals surface area contributed by atoms with Gasteiger partial charge in [-0.15, -0.1) is 0 Å². The Morgan fingerprint density at radius 2 is 1.96 bits per heavy atom. The molecule has 1 saturated heterocycles. The molecule has 2 N–H and O–H groups in total. The van der Waals surface area contributed by atoms with Gasteiger partial charge in [-0.25, -0.2) is 4.79 Å². The first-order valence-electron chi connectivity index (χ1n) is 9.46. The SMILES string of the molecule is CC.CC.CC1=CNNC(OCC2CN(C(=O)OC(C)(C)C)CCO2)=C1. The van der Waals surface area contributed by atoms with Crippen LogP contribution in [0.2, 0.25) is 0 Å². The maximum atomic E-state index is 12.1. The van der Waals surface area contributed by atoms with Crippen molar-refractivity contribution in [3.05, 3.63) is 23.7 Å². The van der Waals surface area contributed by atoms with E-state index >= 15 is 0 Å². The molecule has 1 atom stereocenters. The predicted octanol–water partition coefficient (Wildman–Crippen LogP) is 3.54. The first kappa shape index (κ1) is 24.1. The highest BCUT2D eigenvalue weighted by atomic mass is 16.6. The number of ether oxygens (including phenoxy) is 3. The summed E-state index contributed by atoms with van der Waals surface area (Å²) in [6, 6.07) is 0. The number of hydrazine groups is 1. The Bertz CT molecular complexity index is 470. The summed E-state index contributed by atoms with van der Waals surface area (Å²) in [5, 5.41) is 0. The molecule has 0 aromatic rings. The largest absolute Gasteiger partial charge is 0.475 e. The molecule has 2 rings (SSSR count). The standard InChI is InChI=1S/C15H25N3O4.2C2H6/c1-11-7-13(17-16-8-11)21-10-12-9-18(5-6-20-12)14(19)22-15(2,3)4;2*1-2/h7-8,12,16-17H,5-6,9-10H2,1-4H3;2*1-2H3. The summed E-state index contributed by atoms with van der Waals surface area (Å²) in [7, 11) is 0. The van der Waals surface area contributed by atoms with E-state index in [0.717, 1.165) is 5.57 Å². The molecule has 1 fully saturated rings. The molecule has 0 aromatic carbocycles. The first-order valence-corrected chi connectivity index (χ1v) is 9.46. The molecule has 0 radical (unpaired) electrons. The maximum absolute atomic E-state index is 12.1. The number of hydrogen-bond donors (Lipinski definition) is 2. The quantitative estimate of drug-likeness (QED) is 0.790. The minimum absolute atomic E-state index is 0.171. The number of nitrogens with one attached hydrogen (secondary N) is 2. The van der Waals surface area contributed by atoms with Crippen LogP contribution in [0.5, 0.6) is 0 Å². The zero-order valence-corrected chi connectivity index (χ0v) is 17.6. The summed E-state index contributed by atoms with van der Waals surface area (Å²) < 4.78 is 16.7. The normalized spacial score (nSPS) is 19.1. The van der Waals surface area contributed by atoms with Crippen LogP contribution in [0.4, 0.5) is 4.79 Å². The van der Waals surface area contributed by atoms with Gasteiger partial charge in [0, 0.05) is 18.8 Å². The average Bonchev–Trinajstić information content (AvgIpc) is 2.62. The zero-order valence-electron chi connectivity index (χ0n) is 17.6. The highest BCUT2D eigenvalue weighted by Crippen LogP contribution is 2.14. The Morgan fingerprint density at radius 1 is 1.31 bits per heavy atom. The number of allylic oxidation sites excluding steroid dienone is 2. The molecular weight excluding hydrogens is 334 g/mol. The van der Waals surface area contributed by atoms with Gasteiger partial charge in [-0.05, 0) is 33.3 Å². The second-order valence-corrected chi connectivity index (χ2v) is 6.40. The van der Waals surface area contributed by atoms with Crippen LogP contribution in [0, 0.1) is 0 Å². The second kappa shape index (κ2) is 12.5. The van der Waals surface area contributed by atoms with Crippen molar-refractivity contribution in [3.63, 3.8) is 0 Å². The van der Waals surface area contributed by atoms with Gasteiger partial charge >= 0.3 is 6.09 Å². The van der Waals surface area contributed by atoms with Gasteiger partial charge in [0.05, 0.1) is 13.2 Å². The Balaban J connectivity index is 0.00000146.